The van der Waals surface area contributed by atoms with Gasteiger partial charge in [-0.3, -0.25) is 9.69 Å². The molecule has 0 bridgehead atoms. The monoisotopic (exact) mass is 322 g/mol. The van der Waals surface area contributed by atoms with Gasteiger partial charge >= 0.3 is 6.09 Å². The molecule has 0 aromatic heterocycles. The Kier molecular flexibility index (Phi) is 4.92. The van der Waals surface area contributed by atoms with Gasteiger partial charge in [0, 0.05) is 26.6 Å². The van der Waals surface area contributed by atoms with Crippen molar-refractivity contribution in [2.75, 3.05) is 20.1 Å². The van der Waals surface area contributed by atoms with Crippen LogP contribution in [0.2, 0.25) is 0 Å². The molecule has 2 rings (SSSR count). The Morgan fingerprint density at radius 1 is 1.26 bits per heavy atom. The molecule has 0 N–H and O–H groups in total. The maximum Gasteiger partial charge on any atom is 0.411 e. The molecule has 1 aromatic carbocycles. The number of hydrogen-bond acceptors (Lipinski definition) is 3. The molecule has 1 atom stereocenters. The first-order chi connectivity index (χ1) is 10.7. The average Bonchev–Trinajstić information content (AvgIpc) is 2.44. The van der Waals surface area contributed by atoms with Gasteiger partial charge in [0.05, 0.1) is 0 Å². The summed E-state index contributed by atoms with van der Waals surface area (Å²) < 4.78 is 18.4. The first kappa shape index (κ1) is 17.2. The van der Waals surface area contributed by atoms with Crippen molar-refractivity contribution in [2.24, 2.45) is 0 Å². The van der Waals surface area contributed by atoms with Crippen LogP contribution in [0, 0.1) is 5.82 Å². The highest BCUT2D eigenvalue weighted by atomic mass is 19.1. The number of piperazine rings is 1. The smallest absolute Gasteiger partial charge is 0.411 e. The summed E-state index contributed by atoms with van der Waals surface area (Å²) in [7, 11) is 1.71. The van der Waals surface area contributed by atoms with Gasteiger partial charge in [0.15, 0.2) is 0 Å². The second-order valence-electron chi connectivity index (χ2n) is 6.78. The lowest BCUT2D eigenvalue weighted by molar-refractivity contribution is -0.139. The van der Waals surface area contributed by atoms with E-state index in [9.17, 15) is 14.0 Å². The Balaban J connectivity index is 2.19. The fourth-order valence-electron chi connectivity index (χ4n) is 2.49. The number of rotatable bonds is 2. The Hall–Kier alpha value is -2.11. The first-order valence-corrected chi connectivity index (χ1v) is 7.66. The van der Waals surface area contributed by atoms with Gasteiger partial charge in [0.1, 0.15) is 17.5 Å². The highest BCUT2D eigenvalue weighted by molar-refractivity contribution is 5.87. The number of nitrogens with zero attached hydrogens (tertiary/aromatic N) is 2. The molecule has 0 spiro atoms. The predicted octanol–water partition coefficient (Wildman–Crippen LogP) is 2.45. The lowest BCUT2D eigenvalue weighted by atomic mass is 10.0. The Morgan fingerprint density at radius 2 is 1.87 bits per heavy atom. The van der Waals surface area contributed by atoms with Gasteiger partial charge in [-0.25, -0.2) is 9.18 Å². The number of likely N-dealkylation sites (N-methyl/N-ethyl adjacent to an activating group) is 1. The van der Waals surface area contributed by atoms with Gasteiger partial charge in [0.2, 0.25) is 5.91 Å². The zero-order valence-corrected chi connectivity index (χ0v) is 14.0. The van der Waals surface area contributed by atoms with Crippen LogP contribution in [0.15, 0.2) is 24.3 Å². The Labute approximate surface area is 136 Å². The summed E-state index contributed by atoms with van der Waals surface area (Å²) in [5.74, 6) is -0.462. The van der Waals surface area contributed by atoms with Gasteiger partial charge in [-0.05, 0) is 38.5 Å². The molecule has 23 heavy (non-hydrogen) atoms. The van der Waals surface area contributed by atoms with Crippen molar-refractivity contribution in [3.05, 3.63) is 35.6 Å². The topological polar surface area (TPSA) is 49.9 Å². The summed E-state index contributed by atoms with van der Waals surface area (Å²) >= 11 is 0. The maximum absolute atomic E-state index is 13.0. The van der Waals surface area contributed by atoms with Crippen LogP contribution in [-0.2, 0) is 16.0 Å². The second kappa shape index (κ2) is 6.56. The summed E-state index contributed by atoms with van der Waals surface area (Å²) in [6.07, 6.45) is -0.158. The van der Waals surface area contributed by atoms with E-state index < -0.39 is 17.7 Å². The predicted molar refractivity (Wildman–Crippen MR) is 84.5 cm³/mol. The fourth-order valence-corrected chi connectivity index (χ4v) is 2.49. The van der Waals surface area contributed by atoms with Crippen molar-refractivity contribution in [3.8, 4) is 0 Å². The first-order valence-electron chi connectivity index (χ1n) is 7.66. The molecule has 1 aliphatic rings. The number of benzene rings is 1. The zero-order chi connectivity index (χ0) is 17.2. The van der Waals surface area contributed by atoms with E-state index in [1.165, 1.54) is 17.0 Å². The minimum atomic E-state index is -0.630. The third-order valence-corrected chi connectivity index (χ3v) is 3.68. The van der Waals surface area contributed by atoms with Crippen molar-refractivity contribution < 1.29 is 18.7 Å². The molecule has 0 aliphatic carbocycles. The number of hydrogen-bond donors (Lipinski definition) is 0. The van der Waals surface area contributed by atoms with E-state index in [-0.39, 0.29) is 11.7 Å². The quantitative estimate of drug-likeness (QED) is 0.840. The molecule has 5 nitrogen and oxygen atoms in total. The third-order valence-electron chi connectivity index (χ3n) is 3.68. The Morgan fingerprint density at radius 3 is 2.43 bits per heavy atom. The number of carbonyl (C=O) groups is 2. The van der Waals surface area contributed by atoms with Crippen LogP contribution < -0.4 is 0 Å². The summed E-state index contributed by atoms with van der Waals surface area (Å²) in [5.41, 5.74) is 0.179. The fraction of sp³-hybridized carbons (Fsp3) is 0.529. The van der Waals surface area contributed by atoms with Crippen molar-refractivity contribution >= 4 is 12.0 Å². The lowest BCUT2D eigenvalue weighted by Crippen LogP contribution is -2.59. The van der Waals surface area contributed by atoms with Crippen LogP contribution in [-0.4, -0.2) is 53.6 Å². The third kappa shape index (κ3) is 4.43. The molecule has 1 heterocycles. The van der Waals surface area contributed by atoms with E-state index in [4.69, 9.17) is 4.74 Å². The average molecular weight is 322 g/mol. The minimum absolute atomic E-state index is 0.133. The molecule has 1 unspecified atom stereocenters. The molecule has 126 valence electrons. The van der Waals surface area contributed by atoms with Crippen molar-refractivity contribution in [1.82, 2.24) is 9.80 Å². The standard InChI is InChI=1S/C17H23FN2O3/c1-17(2,3)23-16(22)20-10-9-19(4)15(21)14(20)11-12-5-7-13(18)8-6-12/h5-8,14H,9-11H2,1-4H3. The van der Waals surface area contributed by atoms with Crippen LogP contribution in [0.1, 0.15) is 26.3 Å². The largest absolute Gasteiger partial charge is 0.444 e. The zero-order valence-electron chi connectivity index (χ0n) is 14.0. The lowest BCUT2D eigenvalue weighted by Gasteiger charge is -2.39. The van der Waals surface area contributed by atoms with Gasteiger partial charge < -0.3 is 9.64 Å². The van der Waals surface area contributed by atoms with Gasteiger partial charge in [-0.2, -0.15) is 0 Å². The van der Waals surface area contributed by atoms with Crippen LogP contribution in [0.5, 0.6) is 0 Å². The maximum atomic E-state index is 13.0. The summed E-state index contributed by atoms with van der Waals surface area (Å²) in [4.78, 5) is 27.9. The van der Waals surface area contributed by atoms with Crippen LogP contribution in [0.3, 0.4) is 0 Å². The molecule has 6 heteroatoms. The van der Waals surface area contributed by atoms with Crippen LogP contribution >= 0.6 is 0 Å². The number of amides is 2. The van der Waals surface area contributed by atoms with Crippen LogP contribution in [0.25, 0.3) is 0 Å². The molecular weight excluding hydrogens is 299 g/mol. The van der Waals surface area contributed by atoms with Crippen molar-refractivity contribution in [2.45, 2.75) is 38.8 Å². The normalized spacial score (nSPS) is 19.0. The minimum Gasteiger partial charge on any atom is -0.444 e. The number of carbonyl (C=O) groups excluding carboxylic acids is 2. The highest BCUT2D eigenvalue weighted by Gasteiger charge is 2.38. The van der Waals surface area contributed by atoms with E-state index in [0.29, 0.717) is 19.5 Å². The molecule has 1 aliphatic heterocycles. The van der Waals surface area contributed by atoms with E-state index in [0.717, 1.165) is 5.56 Å². The second-order valence-corrected chi connectivity index (χ2v) is 6.78. The van der Waals surface area contributed by atoms with E-state index in [2.05, 4.69) is 0 Å². The SMILES string of the molecule is CN1CCN(C(=O)OC(C)(C)C)C(Cc2ccc(F)cc2)C1=O. The summed E-state index contributed by atoms with van der Waals surface area (Å²) in [6, 6.07) is 5.33. The van der Waals surface area contributed by atoms with Crippen molar-refractivity contribution in [3.63, 3.8) is 0 Å². The molecule has 1 aromatic rings. The van der Waals surface area contributed by atoms with Gasteiger partial charge in [0.25, 0.3) is 0 Å². The van der Waals surface area contributed by atoms with E-state index in [1.54, 1.807) is 44.9 Å². The molecule has 1 saturated heterocycles. The number of ether oxygens (including phenoxy) is 1. The highest BCUT2D eigenvalue weighted by Crippen LogP contribution is 2.19. The molecule has 1 fully saturated rings. The molecular formula is C17H23FN2O3. The van der Waals surface area contributed by atoms with E-state index >= 15 is 0 Å². The van der Waals surface area contributed by atoms with Crippen LogP contribution in [0.4, 0.5) is 9.18 Å². The summed E-state index contributed by atoms with van der Waals surface area (Å²) in [6.45, 7) is 6.26. The molecule has 0 saturated carbocycles. The van der Waals surface area contributed by atoms with Crippen molar-refractivity contribution in [1.29, 1.82) is 0 Å². The molecule has 0 radical (unpaired) electrons. The van der Waals surface area contributed by atoms with E-state index in [1.807, 2.05) is 0 Å². The van der Waals surface area contributed by atoms with Gasteiger partial charge in [-0.1, -0.05) is 12.1 Å². The molecule has 2 amide bonds. The Bertz CT molecular complexity index is 580. The van der Waals surface area contributed by atoms with Gasteiger partial charge in [-0.15, -0.1) is 0 Å². The summed E-state index contributed by atoms with van der Waals surface area (Å²) in [5, 5.41) is 0. The number of halogens is 1.